The highest BCUT2D eigenvalue weighted by atomic mass is 35.5. The van der Waals surface area contributed by atoms with E-state index in [4.69, 9.17) is 17.3 Å². The van der Waals surface area contributed by atoms with Crippen LogP contribution >= 0.6 is 23.8 Å². The summed E-state index contributed by atoms with van der Waals surface area (Å²) in [6.45, 7) is 1.55. The third kappa shape index (κ3) is 3.15. The fraction of sp³-hybridized carbons (Fsp3) is 0.200. The van der Waals surface area contributed by atoms with Gasteiger partial charge in [-0.15, -0.1) is 0 Å². The second kappa shape index (κ2) is 5.23. The molecule has 0 aliphatic carbocycles. The van der Waals surface area contributed by atoms with Gasteiger partial charge in [-0.3, -0.25) is 4.79 Å². The first-order valence-corrected chi connectivity index (χ1v) is 5.25. The first-order valence-electron chi connectivity index (χ1n) is 4.47. The number of nitrogens with two attached hydrogens (primary N) is 1. The molecule has 0 bridgehead atoms. The summed E-state index contributed by atoms with van der Waals surface area (Å²) in [4.78, 5) is 11.6. The summed E-state index contributed by atoms with van der Waals surface area (Å²) in [5.41, 5.74) is 5.36. The Bertz CT molecular complexity index is 439. The SMILES string of the molecule is CC(C(=O)Nc1ccc(Cl)cc1F)C(N)=S. The van der Waals surface area contributed by atoms with Gasteiger partial charge in [0.25, 0.3) is 0 Å². The molecule has 1 amide bonds. The van der Waals surface area contributed by atoms with Gasteiger partial charge in [-0.05, 0) is 25.1 Å². The molecule has 0 heterocycles. The minimum absolute atomic E-state index is 0.0532. The molecule has 3 nitrogen and oxygen atoms in total. The molecule has 0 fully saturated rings. The van der Waals surface area contributed by atoms with Crippen LogP contribution in [-0.4, -0.2) is 10.9 Å². The Balaban J connectivity index is 2.81. The van der Waals surface area contributed by atoms with Gasteiger partial charge in [-0.25, -0.2) is 4.39 Å². The van der Waals surface area contributed by atoms with E-state index in [1.807, 2.05) is 0 Å². The number of benzene rings is 1. The van der Waals surface area contributed by atoms with Crippen LogP contribution in [0.3, 0.4) is 0 Å². The monoisotopic (exact) mass is 260 g/mol. The lowest BCUT2D eigenvalue weighted by molar-refractivity contribution is -0.117. The second-order valence-electron chi connectivity index (χ2n) is 3.24. The zero-order valence-corrected chi connectivity index (χ0v) is 10.0. The molecule has 0 saturated heterocycles. The van der Waals surface area contributed by atoms with Gasteiger partial charge < -0.3 is 11.1 Å². The molecule has 0 radical (unpaired) electrons. The Morgan fingerprint density at radius 2 is 2.25 bits per heavy atom. The number of amides is 1. The van der Waals surface area contributed by atoms with Crippen molar-refractivity contribution in [2.45, 2.75) is 6.92 Å². The van der Waals surface area contributed by atoms with E-state index in [-0.39, 0.29) is 15.7 Å². The lowest BCUT2D eigenvalue weighted by Crippen LogP contribution is -2.31. The molecule has 0 aromatic heterocycles. The van der Waals surface area contributed by atoms with Crippen LogP contribution in [0.5, 0.6) is 0 Å². The molecule has 1 unspecified atom stereocenters. The van der Waals surface area contributed by atoms with Gasteiger partial charge in [0, 0.05) is 5.02 Å². The second-order valence-corrected chi connectivity index (χ2v) is 4.15. The Hall–Kier alpha value is -1.20. The molecule has 1 aromatic rings. The van der Waals surface area contributed by atoms with E-state index in [0.29, 0.717) is 0 Å². The number of carbonyl (C=O) groups excluding carboxylic acids is 1. The molecule has 0 spiro atoms. The first-order chi connectivity index (χ1) is 7.41. The van der Waals surface area contributed by atoms with Crippen LogP contribution in [0.25, 0.3) is 0 Å². The van der Waals surface area contributed by atoms with Crippen LogP contribution < -0.4 is 11.1 Å². The highest BCUT2D eigenvalue weighted by Gasteiger charge is 2.16. The van der Waals surface area contributed by atoms with Crippen LogP contribution in [-0.2, 0) is 4.79 Å². The number of thiocarbonyl (C=S) groups is 1. The smallest absolute Gasteiger partial charge is 0.234 e. The van der Waals surface area contributed by atoms with E-state index in [1.165, 1.54) is 12.1 Å². The van der Waals surface area contributed by atoms with Crippen molar-refractivity contribution in [2.75, 3.05) is 5.32 Å². The summed E-state index contributed by atoms with van der Waals surface area (Å²) in [6.07, 6.45) is 0. The summed E-state index contributed by atoms with van der Waals surface area (Å²) in [7, 11) is 0. The van der Waals surface area contributed by atoms with Crippen molar-refractivity contribution in [3.8, 4) is 0 Å². The van der Waals surface area contributed by atoms with Gasteiger partial charge in [0.1, 0.15) is 5.82 Å². The predicted octanol–water partition coefficient (Wildman–Crippen LogP) is 2.34. The highest BCUT2D eigenvalue weighted by Crippen LogP contribution is 2.19. The molecule has 6 heteroatoms. The standard InChI is InChI=1S/C10H10ClFN2OS/c1-5(9(13)16)10(15)14-8-3-2-6(11)4-7(8)12/h2-5H,1H3,(H2,13,16)(H,14,15). The van der Waals surface area contributed by atoms with E-state index in [9.17, 15) is 9.18 Å². The Morgan fingerprint density at radius 3 is 2.75 bits per heavy atom. The zero-order valence-electron chi connectivity index (χ0n) is 8.46. The predicted molar refractivity (Wildman–Crippen MR) is 66.0 cm³/mol. The van der Waals surface area contributed by atoms with Crippen molar-refractivity contribution in [1.82, 2.24) is 0 Å². The summed E-state index contributed by atoms with van der Waals surface area (Å²) >= 11 is 10.2. The molecule has 1 atom stereocenters. The fourth-order valence-corrected chi connectivity index (χ4v) is 1.23. The van der Waals surface area contributed by atoms with Crippen molar-refractivity contribution in [1.29, 1.82) is 0 Å². The summed E-state index contributed by atoms with van der Waals surface area (Å²) in [6, 6.07) is 3.97. The molecular formula is C10H10ClFN2OS. The maximum absolute atomic E-state index is 13.3. The van der Waals surface area contributed by atoms with Crippen LogP contribution in [0.2, 0.25) is 5.02 Å². The highest BCUT2D eigenvalue weighted by molar-refractivity contribution is 7.80. The summed E-state index contributed by atoms with van der Waals surface area (Å²) in [5.74, 6) is -1.70. The molecule has 1 rings (SSSR count). The normalized spacial score (nSPS) is 11.9. The fourth-order valence-electron chi connectivity index (χ4n) is 0.961. The van der Waals surface area contributed by atoms with E-state index >= 15 is 0 Å². The van der Waals surface area contributed by atoms with Gasteiger partial charge >= 0.3 is 0 Å². The maximum atomic E-state index is 13.3. The number of hydrogen-bond acceptors (Lipinski definition) is 2. The average molecular weight is 261 g/mol. The Morgan fingerprint density at radius 1 is 1.62 bits per heavy atom. The lowest BCUT2D eigenvalue weighted by atomic mass is 10.1. The lowest BCUT2D eigenvalue weighted by Gasteiger charge is -2.11. The minimum Gasteiger partial charge on any atom is -0.393 e. The van der Waals surface area contributed by atoms with E-state index in [1.54, 1.807) is 6.92 Å². The molecule has 86 valence electrons. The van der Waals surface area contributed by atoms with Crippen molar-refractivity contribution in [3.63, 3.8) is 0 Å². The Kier molecular flexibility index (Phi) is 4.20. The summed E-state index contributed by atoms with van der Waals surface area (Å²) < 4.78 is 13.3. The first kappa shape index (κ1) is 12.9. The van der Waals surface area contributed by atoms with Crippen LogP contribution in [0.4, 0.5) is 10.1 Å². The van der Waals surface area contributed by atoms with Crippen LogP contribution in [0.15, 0.2) is 18.2 Å². The minimum atomic E-state index is -0.648. The largest absolute Gasteiger partial charge is 0.393 e. The van der Waals surface area contributed by atoms with E-state index < -0.39 is 17.6 Å². The van der Waals surface area contributed by atoms with Gasteiger partial charge in [-0.2, -0.15) is 0 Å². The third-order valence-electron chi connectivity index (χ3n) is 2.01. The molecule has 0 aliphatic heterocycles. The molecule has 3 N–H and O–H groups in total. The van der Waals surface area contributed by atoms with Gasteiger partial charge in [0.05, 0.1) is 16.6 Å². The zero-order chi connectivity index (χ0) is 12.3. The molecular weight excluding hydrogens is 251 g/mol. The number of hydrogen-bond donors (Lipinski definition) is 2. The number of rotatable bonds is 3. The van der Waals surface area contributed by atoms with Crippen molar-refractivity contribution >= 4 is 40.4 Å². The number of nitrogens with one attached hydrogen (secondary N) is 1. The van der Waals surface area contributed by atoms with E-state index in [0.717, 1.165) is 6.07 Å². The molecule has 0 saturated carbocycles. The van der Waals surface area contributed by atoms with Crippen LogP contribution in [0, 0.1) is 11.7 Å². The quantitative estimate of drug-likeness (QED) is 0.821. The summed E-state index contributed by atoms with van der Waals surface area (Å²) in [5, 5.41) is 2.64. The number of halogens is 2. The third-order valence-corrected chi connectivity index (χ3v) is 2.60. The Labute approximate surface area is 103 Å². The van der Waals surface area contributed by atoms with Gasteiger partial charge in [0.2, 0.25) is 5.91 Å². The number of carbonyl (C=O) groups is 1. The average Bonchev–Trinajstić information content (AvgIpc) is 2.20. The van der Waals surface area contributed by atoms with Gasteiger partial charge in [0.15, 0.2) is 0 Å². The molecule has 0 aliphatic rings. The topological polar surface area (TPSA) is 55.1 Å². The van der Waals surface area contributed by atoms with Crippen molar-refractivity contribution < 1.29 is 9.18 Å². The van der Waals surface area contributed by atoms with E-state index in [2.05, 4.69) is 17.5 Å². The molecule has 16 heavy (non-hydrogen) atoms. The maximum Gasteiger partial charge on any atom is 0.234 e. The molecule has 1 aromatic carbocycles. The van der Waals surface area contributed by atoms with Crippen molar-refractivity contribution in [2.24, 2.45) is 11.7 Å². The van der Waals surface area contributed by atoms with Gasteiger partial charge in [-0.1, -0.05) is 23.8 Å². The number of anilines is 1. The van der Waals surface area contributed by atoms with Crippen LogP contribution in [0.1, 0.15) is 6.92 Å². The van der Waals surface area contributed by atoms with Crippen molar-refractivity contribution in [3.05, 3.63) is 29.0 Å².